The van der Waals surface area contributed by atoms with Gasteiger partial charge in [-0.1, -0.05) is 12.5 Å². The van der Waals surface area contributed by atoms with E-state index in [0.717, 1.165) is 78.2 Å². The Morgan fingerprint density at radius 3 is 2.62 bits per heavy atom. The van der Waals surface area contributed by atoms with Crippen LogP contribution >= 0.6 is 11.3 Å². The molecule has 39 heavy (non-hydrogen) atoms. The number of carbonyl (C=O) groups excluding carboxylic acids is 1. The fraction of sp³-hybridized carbons (Fsp3) is 0.226. The van der Waals surface area contributed by atoms with E-state index in [1.807, 2.05) is 36.9 Å². The molecule has 0 atom stereocenters. The van der Waals surface area contributed by atoms with E-state index in [1.165, 1.54) is 30.6 Å². The van der Waals surface area contributed by atoms with Gasteiger partial charge in [-0.2, -0.15) is 5.10 Å². The number of H-pyrrole nitrogens is 2. The maximum Gasteiger partial charge on any atom is 0.169 e. The summed E-state index contributed by atoms with van der Waals surface area (Å²) in [6, 6.07) is 14.4. The Morgan fingerprint density at radius 1 is 0.897 bits per heavy atom. The van der Waals surface area contributed by atoms with Crippen molar-refractivity contribution >= 4 is 38.9 Å². The zero-order chi connectivity index (χ0) is 26.3. The molecule has 5 heterocycles. The number of fused-ring (bicyclic) bond motifs is 2. The van der Waals surface area contributed by atoms with Crippen molar-refractivity contribution in [3.8, 4) is 38.7 Å². The molecular weight excluding hydrogens is 506 g/mol. The minimum absolute atomic E-state index is 0.0706. The van der Waals surface area contributed by atoms with Crippen LogP contribution in [-0.2, 0) is 0 Å². The fourth-order valence-electron chi connectivity index (χ4n) is 5.46. The second kappa shape index (κ2) is 9.78. The quantitative estimate of drug-likeness (QED) is 0.213. The van der Waals surface area contributed by atoms with E-state index in [-0.39, 0.29) is 11.9 Å². The summed E-state index contributed by atoms with van der Waals surface area (Å²) < 4.78 is 6.27. The first-order valence-electron chi connectivity index (χ1n) is 13.3. The van der Waals surface area contributed by atoms with Crippen LogP contribution in [0, 0.1) is 0 Å². The minimum atomic E-state index is 0.0706. The number of nitrogens with one attached hydrogen (secondary N) is 2. The van der Waals surface area contributed by atoms with Gasteiger partial charge in [0.1, 0.15) is 11.4 Å². The van der Waals surface area contributed by atoms with Crippen molar-refractivity contribution in [2.45, 2.75) is 45.1 Å². The molecule has 0 saturated heterocycles. The summed E-state index contributed by atoms with van der Waals surface area (Å²) in [7, 11) is 0. The number of pyridine rings is 2. The molecule has 7 rings (SSSR count). The molecular formula is C31H27N5O2S. The van der Waals surface area contributed by atoms with Crippen molar-refractivity contribution in [3.63, 3.8) is 0 Å². The second-order valence-electron chi connectivity index (χ2n) is 10.2. The predicted octanol–water partition coefficient (Wildman–Crippen LogP) is 7.81. The third kappa shape index (κ3) is 4.51. The molecule has 0 radical (unpaired) electrons. The average molecular weight is 534 g/mol. The first-order valence-corrected chi connectivity index (χ1v) is 14.1. The zero-order valence-electron chi connectivity index (χ0n) is 21.5. The summed E-state index contributed by atoms with van der Waals surface area (Å²) in [5.41, 5.74) is 6.68. The molecule has 1 saturated carbocycles. The van der Waals surface area contributed by atoms with Gasteiger partial charge in [-0.05, 0) is 74.6 Å². The van der Waals surface area contributed by atoms with E-state index >= 15 is 0 Å². The van der Waals surface area contributed by atoms with Crippen molar-refractivity contribution in [1.82, 2.24) is 25.1 Å². The standard InChI is InChI=1S/C31H27N5O2S/c1-18(37)29-9-10-30(39-29)25-16-33-17-28-23(25)13-27(34-28)31-24-12-19(7-8-26(24)35-36-31)20-11-22(15-32-14-20)38-21-5-3-2-4-6-21/h7-17,21,34H,2-6H2,1H3,(H,35,36). The van der Waals surface area contributed by atoms with E-state index in [9.17, 15) is 4.79 Å². The van der Waals surface area contributed by atoms with E-state index < -0.39 is 0 Å². The Kier molecular flexibility index (Phi) is 5.97. The number of aromatic amines is 2. The largest absolute Gasteiger partial charge is 0.489 e. The average Bonchev–Trinajstić information content (AvgIpc) is 3.71. The van der Waals surface area contributed by atoms with Crippen molar-refractivity contribution in [1.29, 1.82) is 0 Å². The van der Waals surface area contributed by atoms with E-state index in [4.69, 9.17) is 4.74 Å². The summed E-state index contributed by atoms with van der Waals surface area (Å²) in [5.74, 6) is 0.894. The van der Waals surface area contributed by atoms with Gasteiger partial charge < -0.3 is 9.72 Å². The number of aromatic nitrogens is 5. The monoisotopic (exact) mass is 533 g/mol. The molecule has 2 N–H and O–H groups in total. The molecule has 0 spiro atoms. The van der Waals surface area contributed by atoms with Gasteiger partial charge in [-0.3, -0.25) is 19.9 Å². The Labute approximate surface area is 229 Å². The Morgan fingerprint density at radius 2 is 1.77 bits per heavy atom. The van der Waals surface area contributed by atoms with Gasteiger partial charge in [-0.25, -0.2) is 0 Å². The van der Waals surface area contributed by atoms with Gasteiger partial charge in [0, 0.05) is 39.2 Å². The second-order valence-corrected chi connectivity index (χ2v) is 11.3. The number of rotatable bonds is 6. The van der Waals surface area contributed by atoms with Crippen LogP contribution in [0.5, 0.6) is 5.75 Å². The lowest BCUT2D eigenvalue weighted by Crippen LogP contribution is -2.19. The number of ether oxygens (including phenoxy) is 1. The Balaban J connectivity index is 1.25. The molecule has 0 amide bonds. The Hall–Kier alpha value is -4.30. The minimum Gasteiger partial charge on any atom is -0.489 e. The van der Waals surface area contributed by atoms with Crippen LogP contribution in [0.1, 0.15) is 48.7 Å². The van der Waals surface area contributed by atoms with Crippen LogP contribution in [0.15, 0.2) is 67.3 Å². The van der Waals surface area contributed by atoms with Gasteiger partial charge in [0.25, 0.3) is 0 Å². The molecule has 7 nitrogen and oxygen atoms in total. The van der Waals surface area contributed by atoms with Crippen LogP contribution in [0.3, 0.4) is 0 Å². The molecule has 0 aliphatic heterocycles. The van der Waals surface area contributed by atoms with Crippen molar-refractivity contribution in [2.24, 2.45) is 0 Å². The highest BCUT2D eigenvalue weighted by Gasteiger charge is 2.17. The number of carbonyl (C=O) groups is 1. The molecule has 1 fully saturated rings. The topological polar surface area (TPSA) is 96.6 Å². The highest BCUT2D eigenvalue weighted by atomic mass is 32.1. The number of benzene rings is 1. The lowest BCUT2D eigenvalue weighted by molar-refractivity contribution is 0.102. The van der Waals surface area contributed by atoms with Crippen LogP contribution in [0.25, 0.3) is 54.8 Å². The van der Waals surface area contributed by atoms with E-state index in [2.05, 4.69) is 55.5 Å². The fourth-order valence-corrected chi connectivity index (χ4v) is 6.39. The summed E-state index contributed by atoms with van der Waals surface area (Å²) in [4.78, 5) is 26.0. The van der Waals surface area contributed by atoms with Crippen LogP contribution in [0.2, 0.25) is 0 Å². The number of ketones is 1. The third-order valence-corrected chi connectivity index (χ3v) is 8.70. The Bertz CT molecular complexity index is 1830. The molecule has 194 valence electrons. The molecule has 6 aromatic rings. The van der Waals surface area contributed by atoms with Crippen LogP contribution in [0.4, 0.5) is 0 Å². The molecule has 5 aromatic heterocycles. The molecule has 1 aliphatic rings. The summed E-state index contributed by atoms with van der Waals surface area (Å²) >= 11 is 1.49. The number of thiophene rings is 1. The van der Waals surface area contributed by atoms with Gasteiger partial charge in [-0.15, -0.1) is 11.3 Å². The van der Waals surface area contributed by atoms with Crippen molar-refractivity contribution < 1.29 is 9.53 Å². The van der Waals surface area contributed by atoms with Gasteiger partial charge in [0.2, 0.25) is 0 Å². The number of nitrogens with zero attached hydrogens (tertiary/aromatic N) is 3. The molecule has 8 heteroatoms. The summed E-state index contributed by atoms with van der Waals surface area (Å²) in [5, 5.41) is 9.90. The van der Waals surface area contributed by atoms with Gasteiger partial charge in [0.15, 0.2) is 5.78 Å². The summed E-state index contributed by atoms with van der Waals surface area (Å²) in [6.07, 6.45) is 13.6. The maximum atomic E-state index is 11.8. The van der Waals surface area contributed by atoms with Gasteiger partial charge in [0.05, 0.1) is 40.1 Å². The van der Waals surface area contributed by atoms with Crippen LogP contribution < -0.4 is 4.74 Å². The number of hydrogen-bond donors (Lipinski definition) is 2. The molecule has 0 bridgehead atoms. The zero-order valence-corrected chi connectivity index (χ0v) is 22.3. The number of Topliss-reactive ketones (excluding diaryl/α,β-unsaturated/α-hetero) is 1. The first kappa shape index (κ1) is 23.8. The van der Waals surface area contributed by atoms with Crippen LogP contribution in [-0.4, -0.2) is 37.0 Å². The normalized spacial score (nSPS) is 14.3. The van der Waals surface area contributed by atoms with Crippen molar-refractivity contribution in [2.75, 3.05) is 0 Å². The number of hydrogen-bond acceptors (Lipinski definition) is 6. The lowest BCUT2D eigenvalue weighted by Gasteiger charge is -2.23. The lowest BCUT2D eigenvalue weighted by atomic mass is 9.98. The maximum absolute atomic E-state index is 11.8. The summed E-state index contributed by atoms with van der Waals surface area (Å²) in [6.45, 7) is 1.59. The first-order chi connectivity index (χ1) is 19.1. The van der Waals surface area contributed by atoms with E-state index in [1.54, 1.807) is 6.92 Å². The third-order valence-electron chi connectivity index (χ3n) is 7.48. The SMILES string of the molecule is CC(=O)c1ccc(-c2cncc3[nH]c(-c4n[nH]c5ccc(-c6cncc(OC7CCCCC7)c6)cc45)cc23)s1. The van der Waals surface area contributed by atoms with E-state index in [0.29, 0.717) is 0 Å². The highest BCUT2D eigenvalue weighted by Crippen LogP contribution is 2.37. The molecule has 0 unspecified atom stereocenters. The molecule has 1 aromatic carbocycles. The molecule has 1 aliphatic carbocycles. The highest BCUT2D eigenvalue weighted by molar-refractivity contribution is 7.17. The van der Waals surface area contributed by atoms with Crippen molar-refractivity contribution in [3.05, 3.63) is 72.1 Å². The van der Waals surface area contributed by atoms with Gasteiger partial charge >= 0.3 is 0 Å². The smallest absolute Gasteiger partial charge is 0.169 e. The predicted molar refractivity (Wildman–Crippen MR) is 155 cm³/mol.